The highest BCUT2D eigenvalue weighted by Gasteiger charge is 2.15. The number of benzene rings is 3. The summed E-state index contributed by atoms with van der Waals surface area (Å²) in [5.41, 5.74) is 6.41. The lowest BCUT2D eigenvalue weighted by atomic mass is 10.1. The fourth-order valence-corrected chi connectivity index (χ4v) is 4.28. The van der Waals surface area contributed by atoms with Gasteiger partial charge in [0, 0.05) is 30.1 Å². The Morgan fingerprint density at radius 2 is 1.55 bits per heavy atom. The largest absolute Gasteiger partial charge is 0.458 e. The Balaban J connectivity index is 1.46. The molecule has 33 heavy (non-hydrogen) atoms. The van der Waals surface area contributed by atoms with E-state index in [-0.39, 0.29) is 0 Å². The van der Waals surface area contributed by atoms with Crippen LogP contribution in [0, 0.1) is 20.2 Å². The molecule has 0 aliphatic carbocycles. The molecule has 0 unspecified atom stereocenters. The average Bonchev–Trinajstić information content (AvgIpc) is 3.31. The molecule has 0 saturated heterocycles. The molecule has 2 heterocycles. The lowest BCUT2D eigenvalue weighted by Crippen LogP contribution is -2.24. The highest BCUT2D eigenvalue weighted by molar-refractivity contribution is 5.69. The number of aryl methyl sites for hydroxylation is 3. The molecule has 3 aromatic carbocycles. The maximum Gasteiger partial charge on any atom is 0.243 e. The number of rotatable bonds is 5. The average molecular weight is 435 g/mol. The van der Waals surface area contributed by atoms with Crippen LogP contribution >= 0.6 is 0 Å². The third-order valence-corrected chi connectivity index (χ3v) is 5.71. The minimum Gasteiger partial charge on any atom is -0.458 e. The zero-order valence-corrected chi connectivity index (χ0v) is 19.3. The quantitative estimate of drug-likeness (QED) is 0.267. The summed E-state index contributed by atoms with van der Waals surface area (Å²) >= 11 is 0. The van der Waals surface area contributed by atoms with Crippen LogP contribution < -0.4 is 9.30 Å². The van der Waals surface area contributed by atoms with Crippen LogP contribution in [0.25, 0.3) is 28.3 Å². The van der Waals surface area contributed by atoms with Crippen molar-refractivity contribution in [2.24, 2.45) is 14.1 Å². The molecule has 5 aromatic rings. The number of imidazole rings is 2. The number of aromatic nitrogens is 4. The van der Waals surface area contributed by atoms with Crippen LogP contribution in [-0.2, 0) is 14.1 Å². The summed E-state index contributed by atoms with van der Waals surface area (Å²) in [5.74, 6) is 2.45. The SMILES string of the molecule is Cc1nc(-c2cccc(Oc3cccc(-n4[c-][n+](C)cc4C)c3)c2)n(C)c1-c1ccccc1. The van der Waals surface area contributed by atoms with E-state index in [0.29, 0.717) is 0 Å². The van der Waals surface area contributed by atoms with E-state index in [1.165, 1.54) is 0 Å². The van der Waals surface area contributed by atoms with E-state index in [9.17, 15) is 0 Å². The van der Waals surface area contributed by atoms with Crippen LogP contribution in [-0.4, -0.2) is 14.1 Å². The summed E-state index contributed by atoms with van der Waals surface area (Å²) in [6.45, 7) is 4.12. The van der Waals surface area contributed by atoms with E-state index in [2.05, 4.69) is 68.2 Å². The second kappa shape index (κ2) is 8.43. The molecule has 164 valence electrons. The Morgan fingerprint density at radius 1 is 0.848 bits per heavy atom. The molecule has 0 spiro atoms. The van der Waals surface area contributed by atoms with Crippen molar-refractivity contribution in [3.05, 3.63) is 103 Å². The van der Waals surface area contributed by atoms with Crippen LogP contribution in [0.1, 0.15) is 11.4 Å². The van der Waals surface area contributed by atoms with Gasteiger partial charge in [-0.3, -0.25) is 0 Å². The third kappa shape index (κ3) is 4.05. The summed E-state index contributed by atoms with van der Waals surface area (Å²) < 4.78 is 12.3. The van der Waals surface area contributed by atoms with Gasteiger partial charge in [0.25, 0.3) is 0 Å². The fourth-order valence-electron chi connectivity index (χ4n) is 4.28. The first-order valence-electron chi connectivity index (χ1n) is 10.9. The van der Waals surface area contributed by atoms with Gasteiger partial charge < -0.3 is 18.4 Å². The number of hydrogen-bond donors (Lipinski definition) is 0. The van der Waals surface area contributed by atoms with Gasteiger partial charge in [-0.05, 0) is 38.1 Å². The number of ether oxygens (including phenoxy) is 1. The smallest absolute Gasteiger partial charge is 0.243 e. The molecule has 0 radical (unpaired) electrons. The van der Waals surface area contributed by atoms with Crippen molar-refractivity contribution in [2.45, 2.75) is 13.8 Å². The molecule has 0 amide bonds. The molecular weight excluding hydrogens is 408 g/mol. The molecule has 5 heteroatoms. The van der Waals surface area contributed by atoms with E-state index in [4.69, 9.17) is 9.72 Å². The first-order valence-corrected chi connectivity index (χ1v) is 10.9. The Morgan fingerprint density at radius 3 is 2.27 bits per heavy atom. The standard InChI is InChI=1S/C28H26N4O/c1-20-18-30(3)19-32(20)24-13-9-15-26(17-24)33-25-14-8-12-23(16-25)28-29-21(2)27(31(28)4)22-10-6-5-7-11-22/h5-18H,1-4H3. The van der Waals surface area contributed by atoms with E-state index in [1.807, 2.05) is 64.8 Å². The van der Waals surface area contributed by atoms with Gasteiger partial charge in [-0.2, -0.15) is 0 Å². The van der Waals surface area contributed by atoms with Crippen molar-refractivity contribution < 1.29 is 9.30 Å². The Labute approximate surface area is 194 Å². The lowest BCUT2D eigenvalue weighted by molar-refractivity contribution is -0.675. The van der Waals surface area contributed by atoms with Gasteiger partial charge in [-0.1, -0.05) is 54.6 Å². The first kappa shape index (κ1) is 20.8. The van der Waals surface area contributed by atoms with Gasteiger partial charge in [0.15, 0.2) is 0 Å². The highest BCUT2D eigenvalue weighted by Crippen LogP contribution is 2.32. The van der Waals surface area contributed by atoms with Crippen LogP contribution in [0.3, 0.4) is 0 Å². The van der Waals surface area contributed by atoms with Crippen LogP contribution in [0.5, 0.6) is 11.5 Å². The summed E-state index contributed by atoms with van der Waals surface area (Å²) in [5, 5.41) is 0. The molecule has 0 N–H and O–H groups in total. The van der Waals surface area contributed by atoms with Gasteiger partial charge >= 0.3 is 0 Å². The molecule has 0 saturated carbocycles. The molecule has 0 bridgehead atoms. The summed E-state index contributed by atoms with van der Waals surface area (Å²) in [6.07, 6.45) is 5.31. The van der Waals surface area contributed by atoms with Crippen molar-refractivity contribution in [3.8, 4) is 39.8 Å². The van der Waals surface area contributed by atoms with Crippen LogP contribution in [0.2, 0.25) is 0 Å². The van der Waals surface area contributed by atoms with E-state index >= 15 is 0 Å². The molecule has 0 fully saturated rings. The lowest BCUT2D eigenvalue weighted by Gasteiger charge is -2.11. The van der Waals surface area contributed by atoms with Crippen LogP contribution in [0.15, 0.2) is 85.1 Å². The minimum atomic E-state index is 0.769. The summed E-state index contributed by atoms with van der Waals surface area (Å²) in [7, 11) is 4.03. The maximum atomic E-state index is 6.24. The predicted molar refractivity (Wildman–Crippen MR) is 129 cm³/mol. The van der Waals surface area contributed by atoms with E-state index in [1.54, 1.807) is 0 Å². The molecule has 2 aromatic heterocycles. The van der Waals surface area contributed by atoms with Crippen molar-refractivity contribution in [3.63, 3.8) is 0 Å². The van der Waals surface area contributed by atoms with E-state index in [0.717, 1.165) is 51.2 Å². The summed E-state index contributed by atoms with van der Waals surface area (Å²) in [6, 6.07) is 26.5. The van der Waals surface area contributed by atoms with Gasteiger partial charge in [0.1, 0.15) is 17.3 Å². The molecule has 5 nitrogen and oxygen atoms in total. The Hall–Kier alpha value is -4.12. The minimum absolute atomic E-state index is 0.769. The maximum absolute atomic E-state index is 6.24. The zero-order chi connectivity index (χ0) is 22.9. The number of hydrogen-bond acceptors (Lipinski definition) is 2. The first-order chi connectivity index (χ1) is 16.0. The van der Waals surface area contributed by atoms with Crippen molar-refractivity contribution >= 4 is 0 Å². The van der Waals surface area contributed by atoms with Crippen molar-refractivity contribution in [1.82, 2.24) is 14.1 Å². The topological polar surface area (TPSA) is 35.9 Å². The number of nitrogens with zero attached hydrogens (tertiary/aromatic N) is 4. The third-order valence-electron chi connectivity index (χ3n) is 5.71. The second-order valence-electron chi connectivity index (χ2n) is 8.24. The highest BCUT2D eigenvalue weighted by atomic mass is 16.5. The Bertz CT molecular complexity index is 1430. The summed E-state index contributed by atoms with van der Waals surface area (Å²) in [4.78, 5) is 4.87. The molecule has 0 atom stereocenters. The van der Waals surface area contributed by atoms with Crippen LogP contribution in [0.4, 0.5) is 0 Å². The van der Waals surface area contributed by atoms with Gasteiger partial charge in [0.05, 0.1) is 24.1 Å². The molecule has 0 aliphatic heterocycles. The predicted octanol–water partition coefficient (Wildman–Crippen LogP) is 5.58. The van der Waals surface area contributed by atoms with Gasteiger partial charge in [0.2, 0.25) is 6.33 Å². The molecular formula is C28H26N4O. The van der Waals surface area contributed by atoms with Gasteiger partial charge in [-0.15, -0.1) is 0 Å². The normalized spacial score (nSPS) is 11.0. The second-order valence-corrected chi connectivity index (χ2v) is 8.24. The Kier molecular flexibility index (Phi) is 5.31. The monoisotopic (exact) mass is 434 g/mol. The zero-order valence-electron chi connectivity index (χ0n) is 19.3. The molecule has 5 rings (SSSR count). The molecule has 0 aliphatic rings. The fraction of sp³-hybridized carbons (Fsp3) is 0.143. The van der Waals surface area contributed by atoms with Crippen molar-refractivity contribution in [2.75, 3.05) is 0 Å². The van der Waals surface area contributed by atoms with Crippen molar-refractivity contribution in [1.29, 1.82) is 0 Å². The van der Waals surface area contributed by atoms with E-state index < -0.39 is 0 Å². The van der Waals surface area contributed by atoms with Gasteiger partial charge in [-0.25, -0.2) is 4.98 Å².